The molecule has 4 rings (SSSR count). The third kappa shape index (κ3) is 2.75. The van der Waals surface area contributed by atoms with Gasteiger partial charge in [0.2, 0.25) is 0 Å². The van der Waals surface area contributed by atoms with Gasteiger partial charge in [0, 0.05) is 12.7 Å². The Morgan fingerprint density at radius 2 is 1.87 bits per heavy atom. The van der Waals surface area contributed by atoms with Gasteiger partial charge in [0.15, 0.2) is 12.1 Å². The smallest absolute Gasteiger partial charge is 0.186 e. The van der Waals surface area contributed by atoms with Crippen molar-refractivity contribution >= 4 is 0 Å². The summed E-state index contributed by atoms with van der Waals surface area (Å²) in [5.41, 5.74) is 1.02. The van der Waals surface area contributed by atoms with E-state index in [4.69, 9.17) is 28.4 Å². The van der Waals surface area contributed by atoms with Crippen molar-refractivity contribution in [2.45, 2.75) is 56.9 Å². The minimum atomic E-state index is -0.686. The molecule has 1 aromatic rings. The summed E-state index contributed by atoms with van der Waals surface area (Å²) in [5, 5.41) is 0. The van der Waals surface area contributed by atoms with E-state index in [1.54, 1.807) is 7.11 Å². The first-order valence-electron chi connectivity index (χ1n) is 7.93. The summed E-state index contributed by atoms with van der Waals surface area (Å²) >= 11 is 0. The highest BCUT2D eigenvalue weighted by molar-refractivity contribution is 5.33. The number of hydrogen-bond donors (Lipinski definition) is 0. The van der Waals surface area contributed by atoms with Gasteiger partial charge in [-0.1, -0.05) is 18.2 Å². The van der Waals surface area contributed by atoms with Crippen molar-refractivity contribution in [2.75, 3.05) is 13.7 Å². The molecule has 3 heterocycles. The predicted molar refractivity (Wildman–Crippen MR) is 80.0 cm³/mol. The minimum Gasteiger partial charge on any atom is -0.490 e. The van der Waals surface area contributed by atoms with Crippen molar-refractivity contribution in [3.63, 3.8) is 0 Å². The molecule has 5 atom stereocenters. The van der Waals surface area contributed by atoms with Crippen molar-refractivity contribution < 1.29 is 28.4 Å². The lowest BCUT2D eigenvalue weighted by molar-refractivity contribution is -0.281. The van der Waals surface area contributed by atoms with E-state index in [1.165, 1.54) is 0 Å². The van der Waals surface area contributed by atoms with Crippen LogP contribution in [0.5, 0.6) is 5.75 Å². The number of rotatable bonds is 1. The molecule has 23 heavy (non-hydrogen) atoms. The van der Waals surface area contributed by atoms with Crippen LogP contribution in [0.25, 0.3) is 0 Å². The van der Waals surface area contributed by atoms with Crippen molar-refractivity contribution in [1.29, 1.82) is 0 Å². The van der Waals surface area contributed by atoms with Crippen LogP contribution in [-0.4, -0.2) is 50.2 Å². The Balaban J connectivity index is 1.61. The van der Waals surface area contributed by atoms with Gasteiger partial charge in [-0.2, -0.15) is 0 Å². The molecule has 3 aliphatic heterocycles. The number of para-hydroxylation sites is 1. The molecule has 6 nitrogen and oxygen atoms in total. The Morgan fingerprint density at radius 3 is 2.70 bits per heavy atom. The number of ether oxygens (including phenoxy) is 6. The van der Waals surface area contributed by atoms with Crippen molar-refractivity contribution in [2.24, 2.45) is 0 Å². The van der Waals surface area contributed by atoms with E-state index in [0.29, 0.717) is 13.2 Å². The standard InChI is InChI=1S/C17H22O6/c1-17(2)22-14-13-12(21-16(18-3)15(14)23-17)9-19-11-7-5-4-6-10(11)8-20-13/h4-7,12-16H,8-9H2,1-3H3/t12-,13-,14+,15+,16+/m1/s1. The molecule has 0 unspecified atom stereocenters. The van der Waals surface area contributed by atoms with Crippen LogP contribution in [0.1, 0.15) is 19.4 Å². The van der Waals surface area contributed by atoms with Crippen LogP contribution < -0.4 is 4.74 Å². The van der Waals surface area contributed by atoms with E-state index >= 15 is 0 Å². The van der Waals surface area contributed by atoms with Crippen molar-refractivity contribution in [1.82, 2.24) is 0 Å². The quantitative estimate of drug-likeness (QED) is 0.786. The molecule has 0 spiro atoms. The number of fused-ring (bicyclic) bond motifs is 4. The highest BCUT2D eigenvalue weighted by Gasteiger charge is 2.56. The normalized spacial score (nSPS) is 38.5. The molecule has 0 saturated carbocycles. The molecule has 126 valence electrons. The first-order valence-corrected chi connectivity index (χ1v) is 7.93. The average Bonchev–Trinajstić information content (AvgIpc) is 2.84. The molecular formula is C17H22O6. The second-order valence-electron chi connectivity index (χ2n) is 6.54. The van der Waals surface area contributed by atoms with Gasteiger partial charge in [0.25, 0.3) is 0 Å². The summed E-state index contributed by atoms with van der Waals surface area (Å²) in [6.07, 6.45) is -1.59. The van der Waals surface area contributed by atoms with Gasteiger partial charge in [-0.15, -0.1) is 0 Å². The monoisotopic (exact) mass is 322 g/mol. The van der Waals surface area contributed by atoms with Crippen LogP contribution in [0.15, 0.2) is 24.3 Å². The van der Waals surface area contributed by atoms with Crippen molar-refractivity contribution in [3.8, 4) is 5.75 Å². The topological polar surface area (TPSA) is 55.4 Å². The Morgan fingerprint density at radius 1 is 1.09 bits per heavy atom. The van der Waals surface area contributed by atoms with Crippen LogP contribution in [0.3, 0.4) is 0 Å². The summed E-state index contributed by atoms with van der Waals surface area (Å²) < 4.78 is 35.6. The fourth-order valence-electron chi connectivity index (χ4n) is 3.47. The number of benzene rings is 1. The lowest BCUT2D eigenvalue weighted by Crippen LogP contribution is -2.59. The molecule has 0 aliphatic carbocycles. The second kappa shape index (κ2) is 5.72. The minimum absolute atomic E-state index is 0.248. The summed E-state index contributed by atoms with van der Waals surface area (Å²) in [6, 6.07) is 7.87. The van der Waals surface area contributed by atoms with Crippen LogP contribution in [-0.2, 0) is 30.3 Å². The van der Waals surface area contributed by atoms with Gasteiger partial charge in [-0.3, -0.25) is 0 Å². The van der Waals surface area contributed by atoms with Gasteiger partial charge in [-0.05, 0) is 19.9 Å². The average molecular weight is 322 g/mol. The zero-order valence-corrected chi connectivity index (χ0v) is 13.6. The van der Waals surface area contributed by atoms with Gasteiger partial charge < -0.3 is 28.4 Å². The predicted octanol–water partition coefficient (Wildman–Crippen LogP) is 1.86. The van der Waals surface area contributed by atoms with E-state index in [1.807, 2.05) is 38.1 Å². The maximum absolute atomic E-state index is 6.15. The Bertz CT molecular complexity index is 574. The number of methoxy groups -OCH3 is 1. The Kier molecular flexibility index (Phi) is 3.82. The summed E-state index contributed by atoms with van der Waals surface area (Å²) in [4.78, 5) is 0. The molecule has 2 fully saturated rings. The number of hydrogen-bond acceptors (Lipinski definition) is 6. The molecule has 0 N–H and O–H groups in total. The fourth-order valence-corrected chi connectivity index (χ4v) is 3.47. The molecule has 6 heteroatoms. The Hall–Kier alpha value is -1.18. The van der Waals surface area contributed by atoms with Gasteiger partial charge >= 0.3 is 0 Å². The van der Waals surface area contributed by atoms with Crippen molar-refractivity contribution in [3.05, 3.63) is 29.8 Å². The van der Waals surface area contributed by atoms with Gasteiger partial charge in [0.1, 0.15) is 36.8 Å². The fraction of sp³-hybridized carbons (Fsp3) is 0.647. The third-order valence-corrected chi connectivity index (χ3v) is 4.47. The van der Waals surface area contributed by atoms with Crippen LogP contribution in [0.4, 0.5) is 0 Å². The third-order valence-electron chi connectivity index (χ3n) is 4.47. The molecule has 1 aromatic carbocycles. The zero-order valence-electron chi connectivity index (χ0n) is 13.6. The summed E-state index contributed by atoms with van der Waals surface area (Å²) in [7, 11) is 1.61. The molecule has 0 aromatic heterocycles. The van der Waals surface area contributed by atoms with Crippen LogP contribution in [0, 0.1) is 0 Å². The molecule has 0 bridgehead atoms. The lowest BCUT2D eigenvalue weighted by Gasteiger charge is -2.42. The van der Waals surface area contributed by atoms with Crippen LogP contribution in [0.2, 0.25) is 0 Å². The SMILES string of the molecule is CO[C@H]1O[C@@H]2COc3ccccc3CO[C@H]2[C@@H]2OC(C)(C)O[C@H]12. The molecular weight excluding hydrogens is 300 g/mol. The molecule has 0 amide bonds. The van der Waals surface area contributed by atoms with Crippen LogP contribution >= 0.6 is 0 Å². The van der Waals surface area contributed by atoms with E-state index in [0.717, 1.165) is 11.3 Å². The van der Waals surface area contributed by atoms with E-state index in [2.05, 4.69) is 0 Å². The highest BCUT2D eigenvalue weighted by atomic mass is 16.8. The molecule has 3 aliphatic rings. The molecule has 2 saturated heterocycles. The molecule has 0 radical (unpaired) electrons. The maximum Gasteiger partial charge on any atom is 0.186 e. The first kappa shape index (κ1) is 15.4. The van der Waals surface area contributed by atoms with E-state index < -0.39 is 12.1 Å². The second-order valence-corrected chi connectivity index (χ2v) is 6.54. The summed E-state index contributed by atoms with van der Waals surface area (Å²) in [5.74, 6) is 0.143. The van der Waals surface area contributed by atoms with Gasteiger partial charge in [0.05, 0.1) is 6.61 Å². The Labute approximate surface area is 135 Å². The van der Waals surface area contributed by atoms with Gasteiger partial charge in [-0.25, -0.2) is 0 Å². The van der Waals surface area contributed by atoms with E-state index in [9.17, 15) is 0 Å². The van der Waals surface area contributed by atoms with E-state index in [-0.39, 0.29) is 24.4 Å². The largest absolute Gasteiger partial charge is 0.490 e. The highest BCUT2D eigenvalue weighted by Crippen LogP contribution is 2.40. The summed E-state index contributed by atoms with van der Waals surface area (Å²) in [6.45, 7) is 4.61. The first-order chi connectivity index (χ1) is 11.1. The maximum atomic E-state index is 6.15. The zero-order chi connectivity index (χ0) is 16.0. The lowest BCUT2D eigenvalue weighted by atomic mass is 9.98.